The fourth-order valence-corrected chi connectivity index (χ4v) is 3.63. The summed E-state index contributed by atoms with van der Waals surface area (Å²) in [7, 11) is 3.06. The van der Waals surface area contributed by atoms with Gasteiger partial charge in [-0.1, -0.05) is 24.3 Å². The van der Waals surface area contributed by atoms with Crippen LogP contribution in [0.2, 0.25) is 0 Å². The lowest BCUT2D eigenvalue weighted by molar-refractivity contribution is 0.0529. The monoisotopic (exact) mass is 403 g/mol. The van der Waals surface area contributed by atoms with Crippen molar-refractivity contribution in [3.8, 4) is 11.5 Å². The molecule has 0 radical (unpaired) electrons. The van der Waals surface area contributed by atoms with Crippen molar-refractivity contribution in [3.63, 3.8) is 0 Å². The number of ketones is 1. The first-order chi connectivity index (χ1) is 14.6. The van der Waals surface area contributed by atoms with Crippen LogP contribution < -0.4 is 9.47 Å². The minimum atomic E-state index is -0.460. The molecule has 4 aromatic rings. The van der Waals surface area contributed by atoms with Crippen LogP contribution in [0.25, 0.3) is 16.3 Å². The fraction of sp³-hybridized carbons (Fsp3) is 0.167. The van der Waals surface area contributed by atoms with E-state index in [1.165, 1.54) is 14.2 Å². The second-order valence-corrected chi connectivity index (χ2v) is 6.68. The zero-order valence-electron chi connectivity index (χ0n) is 17.0. The van der Waals surface area contributed by atoms with E-state index >= 15 is 0 Å². The van der Waals surface area contributed by atoms with Gasteiger partial charge in [0.2, 0.25) is 5.78 Å². The Hall–Kier alpha value is -3.80. The summed E-state index contributed by atoms with van der Waals surface area (Å²) in [6.45, 7) is 2.00. The number of fused-ring (bicyclic) bond motifs is 3. The van der Waals surface area contributed by atoms with Crippen molar-refractivity contribution in [2.75, 3.05) is 20.8 Å². The number of pyridine rings is 1. The zero-order valence-corrected chi connectivity index (χ0v) is 17.0. The maximum absolute atomic E-state index is 13.4. The minimum Gasteiger partial charge on any atom is -0.493 e. The molecule has 0 amide bonds. The predicted molar refractivity (Wildman–Crippen MR) is 114 cm³/mol. The topological polar surface area (TPSA) is 66.2 Å². The summed E-state index contributed by atoms with van der Waals surface area (Å²) in [6, 6.07) is 16.2. The molecule has 4 rings (SSSR count). The van der Waals surface area contributed by atoms with Crippen LogP contribution in [-0.2, 0) is 4.74 Å². The summed E-state index contributed by atoms with van der Waals surface area (Å²) in [5.41, 5.74) is 1.80. The van der Waals surface area contributed by atoms with Gasteiger partial charge in [-0.2, -0.15) is 0 Å². The maximum Gasteiger partial charge on any atom is 0.340 e. The Morgan fingerprint density at radius 1 is 0.933 bits per heavy atom. The second-order valence-electron chi connectivity index (χ2n) is 6.68. The minimum absolute atomic E-state index is 0.239. The van der Waals surface area contributed by atoms with Crippen LogP contribution in [0.15, 0.2) is 60.8 Å². The molecular formula is C24H21NO5. The maximum atomic E-state index is 13.4. The van der Waals surface area contributed by atoms with Gasteiger partial charge in [0.15, 0.2) is 11.5 Å². The number of benzene rings is 2. The molecular weight excluding hydrogens is 382 g/mol. The summed E-state index contributed by atoms with van der Waals surface area (Å²) in [4.78, 5) is 26.1. The number of carbonyl (C=O) groups excluding carboxylic acids is 2. The highest BCUT2D eigenvalue weighted by Gasteiger charge is 2.23. The first-order valence-corrected chi connectivity index (χ1v) is 9.55. The van der Waals surface area contributed by atoms with Gasteiger partial charge in [0.05, 0.1) is 37.6 Å². The summed E-state index contributed by atoms with van der Waals surface area (Å²) in [5.74, 6) is 0.294. The average molecular weight is 403 g/mol. The highest BCUT2D eigenvalue weighted by Crippen LogP contribution is 2.31. The van der Waals surface area contributed by atoms with Crippen molar-refractivity contribution in [3.05, 3.63) is 77.6 Å². The number of esters is 1. The van der Waals surface area contributed by atoms with Gasteiger partial charge in [-0.05, 0) is 42.6 Å². The molecule has 2 aromatic carbocycles. The molecule has 6 heteroatoms. The number of rotatable bonds is 6. The molecule has 2 aromatic heterocycles. The first kappa shape index (κ1) is 19.5. The number of nitrogens with zero attached hydrogens (tertiary/aromatic N) is 1. The van der Waals surface area contributed by atoms with Gasteiger partial charge in [-0.15, -0.1) is 0 Å². The van der Waals surface area contributed by atoms with Gasteiger partial charge in [-0.3, -0.25) is 4.79 Å². The van der Waals surface area contributed by atoms with Crippen LogP contribution in [0.1, 0.15) is 33.3 Å². The van der Waals surface area contributed by atoms with Gasteiger partial charge in [0.1, 0.15) is 0 Å². The van der Waals surface area contributed by atoms with Crippen molar-refractivity contribution in [1.82, 2.24) is 4.40 Å². The molecule has 0 N–H and O–H groups in total. The Bertz CT molecular complexity index is 1270. The molecule has 0 bridgehead atoms. The lowest BCUT2D eigenvalue weighted by Gasteiger charge is -2.09. The van der Waals surface area contributed by atoms with Gasteiger partial charge in [-0.25, -0.2) is 4.79 Å². The Balaban J connectivity index is 1.94. The third-order valence-electron chi connectivity index (χ3n) is 5.03. The molecule has 0 aliphatic rings. The summed E-state index contributed by atoms with van der Waals surface area (Å²) < 4.78 is 17.6. The van der Waals surface area contributed by atoms with Crippen LogP contribution >= 0.6 is 0 Å². The van der Waals surface area contributed by atoms with E-state index in [1.807, 2.05) is 30.3 Å². The van der Waals surface area contributed by atoms with Crippen molar-refractivity contribution >= 4 is 28.0 Å². The van der Waals surface area contributed by atoms with E-state index in [2.05, 4.69) is 0 Å². The van der Waals surface area contributed by atoms with Gasteiger partial charge >= 0.3 is 5.97 Å². The zero-order chi connectivity index (χ0) is 21.3. The van der Waals surface area contributed by atoms with Crippen molar-refractivity contribution in [2.45, 2.75) is 6.92 Å². The van der Waals surface area contributed by atoms with E-state index in [9.17, 15) is 9.59 Å². The van der Waals surface area contributed by atoms with Crippen molar-refractivity contribution < 1.29 is 23.8 Å². The van der Waals surface area contributed by atoms with Crippen LogP contribution in [0, 0.1) is 0 Å². The number of ether oxygens (including phenoxy) is 3. The highest BCUT2D eigenvalue weighted by atomic mass is 16.5. The SMILES string of the molecule is CCOC(=O)c1cc(C(=O)c2ccc(OC)c(OC)c2)n2ccc3ccccc3c12. The lowest BCUT2D eigenvalue weighted by atomic mass is 10.1. The summed E-state index contributed by atoms with van der Waals surface area (Å²) >= 11 is 0. The van der Waals surface area contributed by atoms with Crippen LogP contribution in [0.3, 0.4) is 0 Å². The van der Waals surface area contributed by atoms with Crippen LogP contribution in [0.5, 0.6) is 11.5 Å². The van der Waals surface area contributed by atoms with E-state index in [0.717, 1.165) is 10.8 Å². The molecule has 0 saturated carbocycles. The Kier molecular flexibility index (Phi) is 5.14. The van der Waals surface area contributed by atoms with Gasteiger partial charge < -0.3 is 18.6 Å². The van der Waals surface area contributed by atoms with Crippen molar-refractivity contribution in [1.29, 1.82) is 0 Å². The molecule has 30 heavy (non-hydrogen) atoms. The Morgan fingerprint density at radius 2 is 1.70 bits per heavy atom. The highest BCUT2D eigenvalue weighted by molar-refractivity contribution is 6.15. The molecule has 0 aliphatic carbocycles. The molecule has 0 fully saturated rings. The largest absolute Gasteiger partial charge is 0.493 e. The molecule has 0 saturated heterocycles. The Labute approximate surface area is 173 Å². The van der Waals surface area contributed by atoms with Crippen molar-refractivity contribution in [2.24, 2.45) is 0 Å². The number of aromatic nitrogens is 1. The number of carbonyl (C=O) groups is 2. The summed E-state index contributed by atoms with van der Waals surface area (Å²) in [5, 5.41) is 1.84. The number of hydrogen-bond donors (Lipinski definition) is 0. The van der Waals surface area contributed by atoms with Gasteiger partial charge in [0.25, 0.3) is 0 Å². The van der Waals surface area contributed by atoms with E-state index < -0.39 is 5.97 Å². The Morgan fingerprint density at radius 3 is 2.43 bits per heavy atom. The first-order valence-electron chi connectivity index (χ1n) is 9.55. The third kappa shape index (κ3) is 3.16. The predicted octanol–water partition coefficient (Wildman–Crippen LogP) is 4.52. The van der Waals surface area contributed by atoms with E-state index in [-0.39, 0.29) is 12.4 Å². The molecule has 0 aliphatic heterocycles. The van der Waals surface area contributed by atoms with Gasteiger partial charge in [0, 0.05) is 17.1 Å². The van der Waals surface area contributed by atoms with E-state index in [0.29, 0.717) is 33.8 Å². The molecule has 2 heterocycles. The molecule has 6 nitrogen and oxygen atoms in total. The normalized spacial score (nSPS) is 10.9. The smallest absolute Gasteiger partial charge is 0.340 e. The molecule has 0 unspecified atom stereocenters. The fourth-order valence-electron chi connectivity index (χ4n) is 3.63. The molecule has 0 spiro atoms. The lowest BCUT2D eigenvalue weighted by Crippen LogP contribution is -2.06. The second kappa shape index (κ2) is 7.91. The molecule has 152 valence electrons. The third-order valence-corrected chi connectivity index (χ3v) is 5.03. The number of hydrogen-bond acceptors (Lipinski definition) is 5. The standard InChI is InChI=1S/C24H21NO5/c1-4-30-24(27)18-14-19(23(26)16-9-10-20(28-2)21(13-16)29-3)25-12-11-15-7-5-6-8-17(15)22(18)25/h5-14H,4H2,1-3H3. The quantitative estimate of drug-likeness (QED) is 0.350. The van der Waals surface area contributed by atoms with E-state index in [4.69, 9.17) is 14.2 Å². The summed E-state index contributed by atoms with van der Waals surface area (Å²) in [6.07, 6.45) is 1.80. The van der Waals surface area contributed by atoms with E-state index in [1.54, 1.807) is 41.8 Å². The average Bonchev–Trinajstić information content (AvgIpc) is 3.18. The molecule has 0 atom stereocenters. The number of methoxy groups -OCH3 is 2. The van der Waals surface area contributed by atoms with Crippen LogP contribution in [0.4, 0.5) is 0 Å². The van der Waals surface area contributed by atoms with Crippen LogP contribution in [-0.4, -0.2) is 37.0 Å².